The zero-order chi connectivity index (χ0) is 93.5. The Kier molecular flexibility index (Phi) is 34.0. The monoisotopic (exact) mass is 1810 g/mol. The van der Waals surface area contributed by atoms with Crippen molar-refractivity contribution in [1.29, 1.82) is 0 Å². The van der Waals surface area contributed by atoms with Gasteiger partial charge in [0.15, 0.2) is 23.1 Å². The number of nitrogen functional groups attached to an aromatic ring is 4. The van der Waals surface area contributed by atoms with Gasteiger partial charge < -0.3 is 22.9 Å². The van der Waals surface area contributed by atoms with E-state index in [4.69, 9.17) is 37.3 Å². The van der Waals surface area contributed by atoms with Crippen LogP contribution < -0.4 is 22.9 Å². The number of alkyl halides is 18. The molecule has 0 saturated carbocycles. The molecule has 0 radical (unpaired) electrons. The standard InChI is InChI=1S/C30H18F6N2O6.C30H22F6N2O2.C14H10F6N2.C7H4ClNO3.C2H6.2CH4.Zn/c31-29(32,33)25-13-17(15-27(39)19-3-7-21(8-4-19)37(41)42)1-11-23(25)24-12-2-18(14-26(24)30(34,35)36)16-28(40)20-5-9-22(10-6-20)38(43)44;31-29(32,33)25-13-17(15-27(39)19-3-7-21(37)8-4-19)1-11-23(25)24-12-2-18(14-26(24)30(34,35)36)16-28(40)20-5-9-22(38)10-6-20;15-13(16,17)11-5-7(21)1-3-9(11)10-4-2-8(22)6-12(10)14(18,19)20;8-7(10)5-1-3-6(4-2-5)9(11)12;1-2;;;/h1-14H,15-16H2;1-14H,15-16,37-38H2;1-6H,21-22H2;1-4H;1-2H3;2*1H4;/i;;;;;2*1D;. The molecule has 0 amide bonds. The number of anilines is 4. The first-order chi connectivity index (χ1) is 57.9. The van der Waals surface area contributed by atoms with Crippen LogP contribution in [0.1, 0.15) is 139 Å². The first-order valence-corrected chi connectivity index (χ1v) is 34.8. The van der Waals surface area contributed by atoms with Crippen molar-refractivity contribution in [2.75, 3.05) is 22.9 Å². The molecule has 123 heavy (non-hydrogen) atoms. The summed E-state index contributed by atoms with van der Waals surface area (Å²) in [7, 11) is 2.50. The van der Waals surface area contributed by atoms with E-state index in [1.54, 1.807) is 0 Å². The Bertz CT molecular complexity index is 5310. The fraction of sp³-hybridized carbons (Fsp3) is 0.165. The van der Waals surface area contributed by atoms with Gasteiger partial charge in [-0.1, -0.05) is 89.3 Å². The minimum atomic E-state index is -5.12. The molecule has 0 bridgehead atoms. The van der Waals surface area contributed by atoms with Gasteiger partial charge in [-0.05, 0) is 201 Å². The molecule has 0 saturated heterocycles. The summed E-state index contributed by atoms with van der Waals surface area (Å²) < 4.78 is 259. The number of nitro groups is 3. The molecule has 11 aromatic carbocycles. The number of halogens is 19. The van der Waals surface area contributed by atoms with E-state index in [2.05, 4.69) is 0 Å². The van der Waals surface area contributed by atoms with Gasteiger partial charge in [0.1, 0.15) is 0 Å². The van der Waals surface area contributed by atoms with Crippen molar-refractivity contribution in [2.24, 2.45) is 0 Å². The van der Waals surface area contributed by atoms with Crippen LogP contribution >= 0.6 is 11.6 Å². The number of nitro benzene ring substituents is 3. The Labute approximate surface area is 708 Å². The van der Waals surface area contributed by atoms with E-state index in [-0.39, 0.29) is 98.0 Å². The number of carbonyl (C=O) groups is 5. The van der Waals surface area contributed by atoms with E-state index in [1.807, 2.05) is 13.8 Å². The summed E-state index contributed by atoms with van der Waals surface area (Å²) in [6, 6.07) is 41.4. The van der Waals surface area contributed by atoms with Crippen molar-refractivity contribution in [3.63, 3.8) is 0 Å². The van der Waals surface area contributed by atoms with E-state index in [1.165, 1.54) is 99.7 Å². The molecule has 8 N–H and O–H groups in total. The van der Waals surface area contributed by atoms with Crippen molar-refractivity contribution >= 4 is 79.8 Å². The number of non-ortho nitro benzene ring substituents is 3. The van der Waals surface area contributed by atoms with Gasteiger partial charge in [0.25, 0.3) is 22.3 Å². The van der Waals surface area contributed by atoms with Gasteiger partial charge in [0, 0.05) is 135 Å². The molecule has 0 aliphatic rings. The van der Waals surface area contributed by atoms with Gasteiger partial charge in [-0.3, -0.25) is 54.3 Å². The minimum absolute atomic E-state index is 0. The van der Waals surface area contributed by atoms with Crippen LogP contribution in [0.4, 0.5) is 119 Å². The van der Waals surface area contributed by atoms with E-state index in [0.717, 1.165) is 109 Å². The van der Waals surface area contributed by atoms with Crippen LogP contribution in [0.3, 0.4) is 0 Å². The summed E-state index contributed by atoms with van der Waals surface area (Å²) in [6.45, 7) is 4.00. The summed E-state index contributed by atoms with van der Waals surface area (Å²) >= 11 is 5.13. The van der Waals surface area contributed by atoms with E-state index in [0.29, 0.717) is 47.8 Å². The van der Waals surface area contributed by atoms with E-state index >= 15 is 0 Å². The number of nitrogens with two attached hydrogens (primary N) is 4. The number of hydrogen-bond acceptors (Lipinski definition) is 15. The summed E-state index contributed by atoms with van der Waals surface area (Å²) in [5.41, 5.74) is 9.78. The van der Waals surface area contributed by atoms with Crippen LogP contribution in [0.25, 0.3) is 33.4 Å². The van der Waals surface area contributed by atoms with Crippen molar-refractivity contribution in [2.45, 2.75) is 91.4 Å². The van der Waals surface area contributed by atoms with Gasteiger partial charge in [-0.25, -0.2) is 0 Å². The Balaban J connectivity index is 0.000000369. The third-order valence-corrected chi connectivity index (χ3v) is 17.4. The molecular formula is C85H68ClF18N7O11Zn. The average molecular weight is 1810 g/mol. The molecular weight excluding hydrogens is 1740 g/mol. The third kappa shape index (κ3) is 27.9. The van der Waals surface area contributed by atoms with E-state index in [9.17, 15) is 133 Å². The Morgan fingerprint density at radius 2 is 0.455 bits per heavy atom. The predicted molar refractivity (Wildman–Crippen MR) is 423 cm³/mol. The summed E-state index contributed by atoms with van der Waals surface area (Å²) in [5.74, 6) is -2.29. The van der Waals surface area contributed by atoms with Crippen LogP contribution in [0, 0.1) is 30.3 Å². The van der Waals surface area contributed by atoms with Crippen LogP contribution in [-0.4, -0.2) is 43.1 Å². The predicted octanol–water partition coefficient (Wildman–Crippen LogP) is 24.3. The molecule has 11 rings (SSSR count). The quantitative estimate of drug-likeness (QED) is 0.0111. The van der Waals surface area contributed by atoms with Gasteiger partial charge in [-0.2, -0.15) is 79.0 Å². The number of Topliss-reactive ketones (excluding diaryl/α,β-unsaturated/α-hetero) is 4. The second-order valence-corrected chi connectivity index (χ2v) is 25.8. The largest absolute Gasteiger partial charge is 0.417 e. The van der Waals surface area contributed by atoms with E-state index < -0.39 is 173 Å². The van der Waals surface area contributed by atoms with Crippen molar-refractivity contribution in [3.05, 3.63) is 344 Å². The zero-order valence-corrected chi connectivity index (χ0v) is 68.0. The minimum Gasteiger partial charge on any atom is -0.399 e. The second-order valence-electron chi connectivity index (χ2n) is 25.4. The molecule has 0 aliphatic heterocycles. The SMILES string of the molecule is CC.Nc1ccc(-c2ccc(N)cc2C(F)(F)F)c(C(F)(F)F)c1.Nc1ccc(C(=O)Cc2ccc(-c3ccc(CC(=O)c4ccc(N)cc4)cc3C(F)(F)F)c(C(F)(F)F)c2)cc1.O=C(Cc1ccc(-c2ccc(CC(=O)c3ccc([N+](=O)[O-])cc3)cc2C(F)(F)F)c(C(F)(F)F)c1)c1ccc([N+](=O)[O-])cc1.O=C(Cl)c1ccc([N+](=O)[O-])cc1.[2H]C.[2H]C.[Zn]. The molecule has 0 fully saturated rings. The average Bonchev–Trinajstić information content (AvgIpc) is 0.768. The van der Waals surface area contributed by atoms with Gasteiger partial charge >= 0.3 is 37.1 Å². The van der Waals surface area contributed by atoms with Gasteiger partial charge in [0.2, 0.25) is 0 Å². The molecule has 0 heterocycles. The number of ketones is 4. The number of nitrogens with zero attached hydrogens (tertiary/aromatic N) is 3. The number of benzene rings is 11. The molecule has 18 nitrogen and oxygen atoms in total. The van der Waals surface area contributed by atoms with Crippen LogP contribution in [0.15, 0.2) is 231 Å². The first-order valence-electron chi connectivity index (χ1n) is 36.4. The molecule has 0 aromatic heterocycles. The maximum Gasteiger partial charge on any atom is 0.417 e. The Morgan fingerprint density at radius 3 is 0.634 bits per heavy atom. The fourth-order valence-corrected chi connectivity index (χ4v) is 11.6. The molecule has 0 atom stereocenters. The van der Waals surface area contributed by atoms with Crippen molar-refractivity contribution < 1.29 is 140 Å². The third-order valence-electron chi connectivity index (χ3n) is 17.2. The molecule has 0 spiro atoms. The van der Waals surface area contributed by atoms with Gasteiger partial charge in [-0.15, -0.1) is 0 Å². The topological polar surface area (TPSA) is 319 Å². The van der Waals surface area contributed by atoms with Gasteiger partial charge in [0.05, 0.1) is 48.2 Å². The maximum absolute atomic E-state index is 14.1. The summed E-state index contributed by atoms with van der Waals surface area (Å²) in [6.07, 6.45) is -31.8. The smallest absolute Gasteiger partial charge is 0.399 e. The molecule has 0 aliphatic carbocycles. The second kappa shape index (κ2) is 42.4. The zero-order valence-electron chi connectivity index (χ0n) is 66.3. The molecule has 644 valence electrons. The Morgan fingerprint density at radius 1 is 0.293 bits per heavy atom. The number of rotatable bonds is 19. The summed E-state index contributed by atoms with van der Waals surface area (Å²) in [4.78, 5) is 90.7. The molecule has 0 unspecified atom stereocenters. The normalized spacial score (nSPS) is 11.3. The van der Waals surface area contributed by atoms with Crippen LogP contribution in [0.2, 0.25) is 0 Å². The number of carbonyl (C=O) groups excluding carboxylic acids is 5. The fourth-order valence-electron chi connectivity index (χ4n) is 11.5. The van der Waals surface area contributed by atoms with Crippen LogP contribution in [-0.2, 0) is 82.2 Å². The maximum atomic E-state index is 14.1. The van der Waals surface area contributed by atoms with Crippen molar-refractivity contribution in [1.82, 2.24) is 0 Å². The Hall–Kier alpha value is -13.2. The van der Waals surface area contributed by atoms with Crippen LogP contribution in [0.5, 0.6) is 0 Å². The molecule has 11 aromatic rings. The number of hydrogen-bond donors (Lipinski definition) is 4. The molecule has 38 heteroatoms. The summed E-state index contributed by atoms with van der Waals surface area (Å²) in [5, 5.41) is 31.2. The van der Waals surface area contributed by atoms with Crippen molar-refractivity contribution in [3.8, 4) is 33.4 Å². The first kappa shape index (κ1) is 98.6.